The highest BCUT2D eigenvalue weighted by Crippen LogP contribution is 2.51. The van der Waals surface area contributed by atoms with Gasteiger partial charge in [-0.3, -0.25) is 0 Å². The molecular formula is C49H33NOS. The van der Waals surface area contributed by atoms with Crippen molar-refractivity contribution in [2.75, 3.05) is 4.90 Å². The van der Waals surface area contributed by atoms with Gasteiger partial charge in [0.2, 0.25) is 0 Å². The molecule has 0 fully saturated rings. The van der Waals surface area contributed by atoms with E-state index in [2.05, 4.69) is 176 Å². The summed E-state index contributed by atoms with van der Waals surface area (Å²) in [6, 6.07) is 60.0. The van der Waals surface area contributed by atoms with Crippen molar-refractivity contribution >= 4 is 81.3 Å². The van der Waals surface area contributed by atoms with Crippen LogP contribution >= 0.6 is 11.3 Å². The smallest absolute Gasteiger partial charge is 0.143 e. The predicted molar refractivity (Wildman–Crippen MR) is 222 cm³/mol. The Morgan fingerprint density at radius 2 is 1.06 bits per heavy atom. The normalized spacial score (nSPS) is 13.3. The first-order chi connectivity index (χ1) is 25.5. The number of anilines is 3. The van der Waals surface area contributed by atoms with Crippen LogP contribution in [0.15, 0.2) is 168 Å². The number of para-hydroxylation sites is 1. The van der Waals surface area contributed by atoms with E-state index >= 15 is 0 Å². The van der Waals surface area contributed by atoms with E-state index in [1.807, 2.05) is 17.4 Å². The molecule has 10 aromatic rings. The minimum Gasteiger partial charge on any atom is -0.455 e. The molecule has 1 aliphatic carbocycles. The van der Waals surface area contributed by atoms with Gasteiger partial charge >= 0.3 is 0 Å². The van der Waals surface area contributed by atoms with Crippen molar-refractivity contribution in [3.8, 4) is 22.3 Å². The second-order valence-electron chi connectivity index (χ2n) is 14.5. The van der Waals surface area contributed by atoms with Crippen molar-refractivity contribution in [1.82, 2.24) is 0 Å². The summed E-state index contributed by atoms with van der Waals surface area (Å²) < 4.78 is 9.02. The molecule has 0 N–H and O–H groups in total. The molecule has 0 atom stereocenters. The first-order valence-corrected chi connectivity index (χ1v) is 18.7. The Balaban J connectivity index is 1.07. The molecule has 2 heterocycles. The summed E-state index contributed by atoms with van der Waals surface area (Å²) in [5.41, 5.74) is 13.0. The van der Waals surface area contributed by atoms with Crippen molar-refractivity contribution in [1.29, 1.82) is 0 Å². The van der Waals surface area contributed by atoms with E-state index in [0.717, 1.165) is 44.4 Å². The van der Waals surface area contributed by atoms with Gasteiger partial charge in [-0.05, 0) is 93.4 Å². The predicted octanol–water partition coefficient (Wildman–Crippen LogP) is 14.6. The number of furan rings is 1. The molecule has 0 saturated carbocycles. The fourth-order valence-corrected chi connectivity index (χ4v) is 9.87. The molecule has 0 spiro atoms. The second kappa shape index (κ2) is 10.9. The van der Waals surface area contributed by atoms with E-state index in [9.17, 15) is 0 Å². The Bertz CT molecular complexity index is 3050. The van der Waals surface area contributed by atoms with Gasteiger partial charge in [0.25, 0.3) is 0 Å². The second-order valence-corrected chi connectivity index (χ2v) is 15.6. The minimum absolute atomic E-state index is 0.0423. The Morgan fingerprint density at radius 1 is 0.442 bits per heavy atom. The van der Waals surface area contributed by atoms with Crippen LogP contribution in [0.3, 0.4) is 0 Å². The highest BCUT2D eigenvalue weighted by Gasteiger charge is 2.35. The molecule has 0 unspecified atom stereocenters. The van der Waals surface area contributed by atoms with Crippen molar-refractivity contribution in [3.63, 3.8) is 0 Å². The number of nitrogens with zero attached hydrogens (tertiary/aromatic N) is 1. The van der Waals surface area contributed by atoms with Crippen LogP contribution < -0.4 is 4.90 Å². The van der Waals surface area contributed by atoms with Crippen LogP contribution in [0.4, 0.5) is 17.1 Å². The Labute approximate surface area is 305 Å². The number of benzene rings is 8. The first kappa shape index (κ1) is 29.6. The summed E-state index contributed by atoms with van der Waals surface area (Å²) in [6.07, 6.45) is 0. The van der Waals surface area contributed by atoms with E-state index in [0.29, 0.717) is 0 Å². The number of hydrogen-bond acceptors (Lipinski definition) is 3. The Morgan fingerprint density at radius 3 is 1.96 bits per heavy atom. The average molecular weight is 684 g/mol. The van der Waals surface area contributed by atoms with Crippen LogP contribution in [0.5, 0.6) is 0 Å². The van der Waals surface area contributed by atoms with E-state index in [-0.39, 0.29) is 5.41 Å². The molecular weight excluding hydrogens is 651 g/mol. The number of hydrogen-bond donors (Lipinski definition) is 0. The number of thiophene rings is 1. The molecule has 0 radical (unpaired) electrons. The lowest BCUT2D eigenvalue weighted by Crippen LogP contribution is -2.15. The van der Waals surface area contributed by atoms with E-state index in [1.54, 1.807) is 0 Å². The summed E-state index contributed by atoms with van der Waals surface area (Å²) in [4.78, 5) is 2.42. The third-order valence-corrected chi connectivity index (χ3v) is 12.4. The molecule has 0 aliphatic heterocycles. The van der Waals surface area contributed by atoms with Crippen molar-refractivity contribution in [2.45, 2.75) is 19.3 Å². The van der Waals surface area contributed by atoms with E-state index in [1.165, 1.54) is 58.9 Å². The van der Waals surface area contributed by atoms with Crippen molar-refractivity contribution in [3.05, 3.63) is 175 Å². The molecule has 52 heavy (non-hydrogen) atoms. The lowest BCUT2D eigenvalue weighted by atomic mass is 9.82. The van der Waals surface area contributed by atoms with Gasteiger partial charge < -0.3 is 9.32 Å². The van der Waals surface area contributed by atoms with Gasteiger partial charge in [-0.1, -0.05) is 123 Å². The fourth-order valence-electron chi connectivity index (χ4n) is 8.73. The maximum absolute atomic E-state index is 6.42. The third kappa shape index (κ3) is 4.23. The molecule has 0 bridgehead atoms. The fraction of sp³-hybridized carbons (Fsp3) is 0.0612. The van der Waals surface area contributed by atoms with Crippen LogP contribution in [-0.2, 0) is 5.41 Å². The van der Waals surface area contributed by atoms with Crippen LogP contribution in [0, 0.1) is 0 Å². The van der Waals surface area contributed by atoms with Gasteiger partial charge in [-0.2, -0.15) is 0 Å². The number of rotatable bonds is 4. The molecule has 2 nitrogen and oxygen atoms in total. The first-order valence-electron chi connectivity index (χ1n) is 17.9. The molecule has 8 aromatic carbocycles. The lowest BCUT2D eigenvalue weighted by Gasteiger charge is -2.27. The van der Waals surface area contributed by atoms with E-state index < -0.39 is 0 Å². The maximum Gasteiger partial charge on any atom is 0.143 e. The van der Waals surface area contributed by atoms with Gasteiger partial charge in [0.1, 0.15) is 11.2 Å². The molecule has 0 saturated heterocycles. The summed E-state index contributed by atoms with van der Waals surface area (Å²) >= 11 is 1.86. The van der Waals surface area contributed by atoms with Gasteiger partial charge in [-0.15, -0.1) is 11.3 Å². The highest BCUT2D eigenvalue weighted by molar-refractivity contribution is 7.25. The topological polar surface area (TPSA) is 16.4 Å². The molecule has 11 rings (SSSR count). The monoisotopic (exact) mass is 683 g/mol. The highest BCUT2D eigenvalue weighted by atomic mass is 32.1. The zero-order valence-corrected chi connectivity index (χ0v) is 29.7. The van der Waals surface area contributed by atoms with Crippen LogP contribution in [0.2, 0.25) is 0 Å². The Hall–Kier alpha value is -6.16. The summed E-state index contributed by atoms with van der Waals surface area (Å²) in [6.45, 7) is 4.69. The minimum atomic E-state index is -0.0423. The molecule has 2 aromatic heterocycles. The van der Waals surface area contributed by atoms with Gasteiger partial charge in [0, 0.05) is 58.8 Å². The average Bonchev–Trinajstić information content (AvgIpc) is 3.83. The van der Waals surface area contributed by atoms with Crippen LogP contribution in [0.1, 0.15) is 25.0 Å². The van der Waals surface area contributed by atoms with Crippen molar-refractivity contribution < 1.29 is 4.42 Å². The zero-order chi connectivity index (χ0) is 34.6. The molecule has 0 amide bonds. The van der Waals surface area contributed by atoms with Crippen LogP contribution in [0.25, 0.3) is 75.1 Å². The largest absolute Gasteiger partial charge is 0.455 e. The van der Waals surface area contributed by atoms with Crippen molar-refractivity contribution in [2.24, 2.45) is 0 Å². The molecule has 246 valence electrons. The summed E-state index contributed by atoms with van der Waals surface area (Å²) in [5, 5.41) is 7.25. The van der Waals surface area contributed by atoms with Gasteiger partial charge in [-0.25, -0.2) is 0 Å². The third-order valence-electron chi connectivity index (χ3n) is 11.3. The molecule has 1 aliphatic rings. The quantitative estimate of drug-likeness (QED) is 0.184. The van der Waals surface area contributed by atoms with Crippen LogP contribution in [-0.4, -0.2) is 0 Å². The zero-order valence-electron chi connectivity index (χ0n) is 28.9. The number of fused-ring (bicyclic) bond motifs is 11. The van der Waals surface area contributed by atoms with E-state index in [4.69, 9.17) is 4.42 Å². The standard InChI is InChI=1S/C49H33NOS/c1-49(2)43-15-6-3-10-36(43)42-28-32(23-27-44(42)49)50(33-22-24-39-38-12-5-8-17-46(38)52-47(39)29-33)31-20-18-30(19-21-31)34-13-9-14-40-35(34)25-26-41-37-11-4-7-16-45(37)51-48(40)41/h3-29H,1-2H3. The van der Waals surface area contributed by atoms with Gasteiger partial charge in [0.05, 0.1) is 0 Å². The lowest BCUT2D eigenvalue weighted by molar-refractivity contribution is 0.660. The van der Waals surface area contributed by atoms with Gasteiger partial charge in [0.15, 0.2) is 0 Å². The molecule has 3 heteroatoms. The SMILES string of the molecule is CC1(C)c2ccccc2-c2cc(N(c3ccc(-c4cccc5c4ccc4c6ccccc6oc54)cc3)c3ccc4c(c3)sc3ccccc34)ccc21. The maximum atomic E-state index is 6.42. The summed E-state index contributed by atoms with van der Waals surface area (Å²) in [7, 11) is 0. The summed E-state index contributed by atoms with van der Waals surface area (Å²) in [5.74, 6) is 0. The Kier molecular flexibility index (Phi) is 6.21.